The molecule has 5 rings (SSSR count). The maximum atomic E-state index is 13.7. The SMILES string of the molecule is C=S=C(O)c1cccc(NC(=O)C2=C(C)NC(Nc3nc4ccccc4o3)=NC2c2cccc(C(C)C)c2Cl)n1. The number of aromatic nitrogens is 2. The molecule has 4 aromatic rings. The second kappa shape index (κ2) is 11.5. The number of nitrogens with one attached hydrogen (secondary N) is 3. The number of nitrogens with zero attached hydrogens (tertiary/aromatic N) is 3. The average Bonchev–Trinajstić information content (AvgIpc) is 3.34. The van der Waals surface area contributed by atoms with E-state index in [-0.39, 0.29) is 22.8 Å². The van der Waals surface area contributed by atoms with E-state index in [0.717, 1.165) is 16.5 Å². The van der Waals surface area contributed by atoms with Gasteiger partial charge in [0.1, 0.15) is 23.1 Å². The minimum Gasteiger partial charge on any atom is -0.423 e. The van der Waals surface area contributed by atoms with Crippen LogP contribution in [-0.4, -0.2) is 37.9 Å². The van der Waals surface area contributed by atoms with Crippen LogP contribution in [0.4, 0.5) is 11.8 Å². The van der Waals surface area contributed by atoms with E-state index in [1.165, 1.54) is 0 Å². The molecule has 0 radical (unpaired) electrons. The molecule has 1 unspecified atom stereocenters. The molecule has 4 N–H and O–H groups in total. The van der Waals surface area contributed by atoms with Crippen LogP contribution < -0.4 is 16.0 Å². The first-order valence-corrected chi connectivity index (χ1v) is 13.8. The van der Waals surface area contributed by atoms with Gasteiger partial charge in [-0.1, -0.05) is 61.8 Å². The van der Waals surface area contributed by atoms with Gasteiger partial charge in [-0.15, -0.1) is 10.9 Å². The van der Waals surface area contributed by atoms with Crippen LogP contribution in [0.15, 0.2) is 81.3 Å². The van der Waals surface area contributed by atoms with E-state index in [1.807, 2.05) is 42.5 Å². The number of oxazole rings is 1. The lowest BCUT2D eigenvalue weighted by Crippen LogP contribution is -2.37. The Kier molecular flexibility index (Phi) is 7.83. The first-order valence-electron chi connectivity index (χ1n) is 12.5. The smallest absolute Gasteiger partial charge is 0.302 e. The Labute approximate surface area is 239 Å². The van der Waals surface area contributed by atoms with Crippen LogP contribution >= 0.6 is 22.5 Å². The maximum Gasteiger partial charge on any atom is 0.302 e. The average molecular weight is 575 g/mol. The second-order valence-corrected chi connectivity index (χ2v) is 10.4. The van der Waals surface area contributed by atoms with Gasteiger partial charge in [-0.25, -0.2) is 9.98 Å². The highest BCUT2D eigenvalue weighted by molar-refractivity contribution is 7.96. The molecule has 0 bridgehead atoms. The third-order valence-electron chi connectivity index (χ3n) is 6.33. The van der Waals surface area contributed by atoms with Gasteiger partial charge in [-0.05, 0) is 48.5 Å². The number of hydrogen-bond acceptors (Lipinski definition) is 7. The fraction of sp³-hybridized carbons (Fsp3) is 0.172. The third-order valence-corrected chi connectivity index (χ3v) is 7.25. The highest BCUT2D eigenvalue weighted by atomic mass is 35.5. The molecule has 3 heterocycles. The zero-order valence-corrected chi connectivity index (χ0v) is 23.6. The highest BCUT2D eigenvalue weighted by Gasteiger charge is 2.32. The minimum atomic E-state index is -0.752. The van der Waals surface area contributed by atoms with E-state index in [4.69, 9.17) is 21.0 Å². The number of rotatable bonds is 6. The van der Waals surface area contributed by atoms with E-state index < -0.39 is 11.9 Å². The standard InChI is InChI=1S/C29H27ClN6O3S/c1-15(2)17-9-7-10-18(24(17)30)25-23(26(37)34-22-14-8-12-20(32-22)27(38)40-4)16(3)31-28(35-25)36-29-33-19-11-5-6-13-21(19)39-29/h5-15,25,38H,4H2,1-3H3,(H,32,34,37)(H2,31,33,35,36). The number of para-hydroxylation sites is 2. The van der Waals surface area contributed by atoms with E-state index in [0.29, 0.717) is 44.6 Å². The zero-order valence-electron chi connectivity index (χ0n) is 22.0. The Hall–Kier alpha value is -4.25. The van der Waals surface area contributed by atoms with Gasteiger partial charge >= 0.3 is 6.01 Å². The zero-order chi connectivity index (χ0) is 28.4. The summed E-state index contributed by atoms with van der Waals surface area (Å²) < 4.78 is 5.81. The van der Waals surface area contributed by atoms with Crippen molar-refractivity contribution in [1.82, 2.24) is 15.3 Å². The molecule has 1 atom stereocenters. The van der Waals surface area contributed by atoms with Gasteiger partial charge < -0.3 is 20.2 Å². The predicted molar refractivity (Wildman–Crippen MR) is 164 cm³/mol. The summed E-state index contributed by atoms with van der Waals surface area (Å²) in [6, 6.07) is 17.6. The predicted octanol–water partition coefficient (Wildman–Crippen LogP) is 6.23. The number of amides is 1. The van der Waals surface area contributed by atoms with Crippen molar-refractivity contribution in [2.75, 3.05) is 10.6 Å². The van der Waals surface area contributed by atoms with Crippen molar-refractivity contribution < 1.29 is 14.3 Å². The molecule has 2 aromatic heterocycles. The van der Waals surface area contributed by atoms with E-state index in [1.54, 1.807) is 25.1 Å². The molecule has 0 saturated carbocycles. The molecule has 1 aliphatic heterocycles. The third kappa shape index (κ3) is 5.55. The molecular weight excluding hydrogens is 548 g/mol. The Bertz CT molecular complexity index is 1710. The van der Waals surface area contributed by atoms with Crippen molar-refractivity contribution in [1.29, 1.82) is 0 Å². The Morgan fingerprint density at radius 3 is 2.65 bits per heavy atom. The van der Waals surface area contributed by atoms with Crippen LogP contribution in [0.25, 0.3) is 11.1 Å². The van der Waals surface area contributed by atoms with Crippen molar-refractivity contribution in [2.24, 2.45) is 4.99 Å². The lowest BCUT2D eigenvalue weighted by atomic mass is 9.92. The maximum absolute atomic E-state index is 13.7. The molecule has 1 amide bonds. The molecule has 0 aliphatic carbocycles. The van der Waals surface area contributed by atoms with Crippen molar-refractivity contribution in [3.05, 3.63) is 93.8 Å². The van der Waals surface area contributed by atoms with Gasteiger partial charge in [0.15, 0.2) is 10.6 Å². The van der Waals surface area contributed by atoms with Gasteiger partial charge in [-0.3, -0.25) is 10.1 Å². The lowest BCUT2D eigenvalue weighted by molar-refractivity contribution is -0.113. The van der Waals surface area contributed by atoms with Crippen LogP contribution in [0, 0.1) is 0 Å². The first kappa shape index (κ1) is 27.3. The van der Waals surface area contributed by atoms with Crippen LogP contribution in [-0.2, 0) is 4.79 Å². The second-order valence-electron chi connectivity index (χ2n) is 9.37. The number of aliphatic hydroxyl groups excluding tert-OH is 1. The molecule has 9 nitrogen and oxygen atoms in total. The summed E-state index contributed by atoms with van der Waals surface area (Å²) in [7, 11) is 0.914. The van der Waals surface area contributed by atoms with Gasteiger partial charge in [-0.2, -0.15) is 4.98 Å². The number of hydrogen-bond donors (Lipinski definition) is 4. The summed E-state index contributed by atoms with van der Waals surface area (Å²) in [6.07, 6.45) is 0. The molecule has 2 aromatic carbocycles. The molecule has 0 saturated heterocycles. The fourth-order valence-electron chi connectivity index (χ4n) is 4.39. The summed E-state index contributed by atoms with van der Waals surface area (Å²) in [5, 5.41) is 19.6. The number of carbonyl (C=O) groups is 1. The van der Waals surface area contributed by atoms with Crippen molar-refractivity contribution in [3.8, 4) is 0 Å². The summed E-state index contributed by atoms with van der Waals surface area (Å²) in [6.45, 7) is 5.90. The number of anilines is 2. The Balaban J connectivity index is 1.53. The van der Waals surface area contributed by atoms with E-state index in [2.05, 4.69) is 45.6 Å². The number of pyridine rings is 1. The number of fused-ring (bicyclic) bond motifs is 1. The van der Waals surface area contributed by atoms with Gasteiger partial charge in [0, 0.05) is 16.3 Å². The normalized spacial score (nSPS) is 15.1. The van der Waals surface area contributed by atoms with Gasteiger partial charge in [0.2, 0.25) is 5.96 Å². The summed E-state index contributed by atoms with van der Waals surface area (Å²) in [5.41, 5.74) is 4.18. The van der Waals surface area contributed by atoms with E-state index >= 15 is 0 Å². The minimum absolute atomic E-state index is 0.0551. The molecule has 0 fully saturated rings. The molecule has 204 valence electrons. The monoisotopic (exact) mass is 574 g/mol. The fourth-order valence-corrected chi connectivity index (χ4v) is 5.10. The van der Waals surface area contributed by atoms with E-state index in [9.17, 15) is 9.90 Å². The number of halogens is 1. The van der Waals surface area contributed by atoms with Crippen LogP contribution in [0.2, 0.25) is 5.02 Å². The summed E-state index contributed by atoms with van der Waals surface area (Å²) in [5.74, 6) is 3.96. The number of carbonyl (C=O) groups excluding carboxylic acids is 1. The largest absolute Gasteiger partial charge is 0.423 e. The molecule has 11 heteroatoms. The molecule has 1 aliphatic rings. The number of allylic oxidation sites excluding steroid dienone is 1. The van der Waals surface area contributed by atoms with Crippen molar-refractivity contribution in [2.45, 2.75) is 32.7 Å². The Morgan fingerprint density at radius 1 is 1.12 bits per heavy atom. The van der Waals surface area contributed by atoms with Crippen molar-refractivity contribution >= 4 is 68.3 Å². The van der Waals surface area contributed by atoms with Crippen LogP contribution in [0.3, 0.4) is 0 Å². The first-order chi connectivity index (χ1) is 19.2. The van der Waals surface area contributed by atoms with Crippen molar-refractivity contribution in [3.63, 3.8) is 0 Å². The molecule has 40 heavy (non-hydrogen) atoms. The Morgan fingerprint density at radius 2 is 1.90 bits per heavy atom. The topological polar surface area (TPSA) is 125 Å². The number of aliphatic hydroxyl groups is 1. The quantitative estimate of drug-likeness (QED) is 0.201. The lowest BCUT2D eigenvalue weighted by Gasteiger charge is -2.27. The molecular formula is C29H27ClN6O3S. The number of aliphatic imine (C=N–C) groups is 1. The molecule has 0 spiro atoms. The number of guanidine groups is 1. The van der Waals surface area contributed by atoms with Gasteiger partial charge in [0.25, 0.3) is 5.91 Å². The van der Waals surface area contributed by atoms with Crippen LogP contribution in [0.5, 0.6) is 0 Å². The summed E-state index contributed by atoms with van der Waals surface area (Å²) >= 11 is 6.90. The highest BCUT2D eigenvalue weighted by Crippen LogP contribution is 2.38. The number of benzene rings is 2. The summed E-state index contributed by atoms with van der Waals surface area (Å²) in [4.78, 5) is 27.4. The van der Waals surface area contributed by atoms with Crippen LogP contribution in [0.1, 0.15) is 49.6 Å². The van der Waals surface area contributed by atoms with Gasteiger partial charge in [0.05, 0.1) is 5.57 Å².